The molecule has 0 aliphatic rings. The fourth-order valence-electron chi connectivity index (χ4n) is 2.70. The Morgan fingerprint density at radius 3 is 2.67 bits per heavy atom. The fraction of sp³-hybridized carbons (Fsp3) is 0.333. The quantitative estimate of drug-likeness (QED) is 0.629. The second-order valence-corrected chi connectivity index (χ2v) is 7.91. The van der Waals surface area contributed by atoms with Crippen molar-refractivity contribution in [2.45, 2.75) is 34.1 Å². The Morgan fingerprint density at radius 1 is 1.22 bits per heavy atom. The number of anilines is 2. The Labute approximate surface area is 164 Å². The Morgan fingerprint density at radius 2 is 1.96 bits per heavy atom. The molecule has 142 valence electrons. The predicted molar refractivity (Wildman–Crippen MR) is 109 cm³/mol. The molecule has 27 heavy (non-hydrogen) atoms. The van der Waals surface area contributed by atoms with Crippen LogP contribution in [0.2, 0.25) is 0 Å². The number of nitrogen functional groups attached to an aromatic ring is 1. The first-order chi connectivity index (χ1) is 12.8. The molecule has 0 aromatic carbocycles. The highest BCUT2D eigenvalue weighted by Crippen LogP contribution is 2.37. The number of aromatic nitrogens is 2. The van der Waals surface area contributed by atoms with E-state index in [9.17, 15) is 9.59 Å². The van der Waals surface area contributed by atoms with E-state index >= 15 is 0 Å². The Balaban J connectivity index is 1.83. The lowest BCUT2D eigenvalue weighted by atomic mass is 10.1. The molecule has 0 atom stereocenters. The van der Waals surface area contributed by atoms with Crippen LogP contribution in [0.3, 0.4) is 0 Å². The summed E-state index contributed by atoms with van der Waals surface area (Å²) in [5.41, 5.74) is 10.3. The Hall–Kier alpha value is -2.52. The van der Waals surface area contributed by atoms with E-state index in [-0.39, 0.29) is 18.3 Å². The lowest BCUT2D eigenvalue weighted by molar-refractivity contribution is -0.142. The van der Waals surface area contributed by atoms with E-state index in [1.54, 1.807) is 12.3 Å². The monoisotopic (exact) mass is 404 g/mol. The average Bonchev–Trinajstić information content (AvgIpc) is 3.17. The second kappa shape index (κ2) is 7.61. The smallest absolute Gasteiger partial charge is 0.311 e. The lowest BCUT2D eigenvalue weighted by Gasteiger charge is -2.05. The number of nitrogens with zero attached hydrogens (tertiary/aromatic N) is 2. The van der Waals surface area contributed by atoms with Gasteiger partial charge in [-0.1, -0.05) is 0 Å². The van der Waals surface area contributed by atoms with E-state index in [0.717, 1.165) is 27.0 Å². The highest BCUT2D eigenvalue weighted by molar-refractivity contribution is 7.21. The number of carbonyl (C=O) groups excluding carboxylic acids is 2. The van der Waals surface area contributed by atoms with Crippen LogP contribution in [-0.4, -0.2) is 28.5 Å². The molecule has 0 radical (unpaired) electrons. The number of carbonyl (C=O) groups is 2. The zero-order valence-electron chi connectivity index (χ0n) is 15.5. The van der Waals surface area contributed by atoms with Crippen molar-refractivity contribution in [2.75, 3.05) is 17.7 Å². The van der Waals surface area contributed by atoms with Crippen LogP contribution in [0, 0.1) is 20.8 Å². The van der Waals surface area contributed by atoms with Crippen molar-refractivity contribution in [1.29, 1.82) is 0 Å². The van der Waals surface area contributed by atoms with Crippen LogP contribution >= 0.6 is 22.7 Å². The molecule has 3 heterocycles. The number of fused-ring (bicyclic) bond motifs is 1. The maximum atomic E-state index is 12.7. The highest BCUT2D eigenvalue weighted by atomic mass is 32.1. The van der Waals surface area contributed by atoms with Gasteiger partial charge in [-0.15, -0.1) is 22.7 Å². The molecule has 0 aliphatic heterocycles. The third kappa shape index (κ3) is 3.79. The lowest BCUT2D eigenvalue weighted by Crippen LogP contribution is -2.12. The van der Waals surface area contributed by atoms with Gasteiger partial charge >= 0.3 is 5.97 Å². The van der Waals surface area contributed by atoms with Gasteiger partial charge in [-0.25, -0.2) is 9.97 Å². The third-order valence-electron chi connectivity index (χ3n) is 4.29. The summed E-state index contributed by atoms with van der Waals surface area (Å²) in [5.74, 6) is -0.677. The van der Waals surface area contributed by atoms with Crippen molar-refractivity contribution in [2.24, 2.45) is 0 Å². The van der Waals surface area contributed by atoms with Crippen molar-refractivity contribution in [3.8, 4) is 0 Å². The minimum absolute atomic E-state index is 0.0763. The van der Waals surface area contributed by atoms with Crippen molar-refractivity contribution < 1.29 is 14.3 Å². The Bertz CT molecular complexity index is 1040. The van der Waals surface area contributed by atoms with Crippen LogP contribution in [0.15, 0.2) is 5.38 Å². The number of nitrogens with one attached hydrogen (secondary N) is 1. The Kier molecular flexibility index (Phi) is 5.43. The van der Waals surface area contributed by atoms with Crippen molar-refractivity contribution in [1.82, 2.24) is 9.97 Å². The van der Waals surface area contributed by atoms with Crippen LogP contribution in [0.4, 0.5) is 10.8 Å². The SMILES string of the molecule is CCOC(=O)Cc1csc(NC(=O)c2sc3nc(C)c(C)c(C)c3c2N)n1. The van der Waals surface area contributed by atoms with Crippen molar-refractivity contribution in [3.63, 3.8) is 0 Å². The zero-order chi connectivity index (χ0) is 19.7. The number of hydrogen-bond acceptors (Lipinski definition) is 8. The van der Waals surface area contributed by atoms with Crippen molar-refractivity contribution >= 4 is 55.6 Å². The first-order valence-corrected chi connectivity index (χ1v) is 10.1. The number of hydrogen-bond donors (Lipinski definition) is 2. The maximum Gasteiger partial charge on any atom is 0.311 e. The number of ether oxygens (including phenoxy) is 1. The molecule has 0 bridgehead atoms. The van der Waals surface area contributed by atoms with Gasteiger partial charge < -0.3 is 10.5 Å². The van der Waals surface area contributed by atoms with Gasteiger partial charge in [-0.05, 0) is 38.8 Å². The summed E-state index contributed by atoms with van der Waals surface area (Å²) >= 11 is 2.52. The number of pyridine rings is 1. The number of thiophene rings is 1. The molecule has 0 saturated carbocycles. The summed E-state index contributed by atoms with van der Waals surface area (Å²) in [5, 5.41) is 5.71. The second-order valence-electron chi connectivity index (χ2n) is 6.05. The molecule has 9 heteroatoms. The molecule has 0 spiro atoms. The first kappa shape index (κ1) is 19.2. The van der Waals surface area contributed by atoms with E-state index in [1.165, 1.54) is 22.7 Å². The molecule has 3 aromatic heterocycles. The number of thiazole rings is 1. The maximum absolute atomic E-state index is 12.7. The standard InChI is InChI=1S/C18H20N4O3S2/c1-5-25-12(23)6-11-7-26-18(21-11)22-16(24)15-14(19)13-9(3)8(2)10(4)20-17(13)27-15/h7H,5-6,19H2,1-4H3,(H,21,22,24). The van der Waals surface area contributed by atoms with Gasteiger partial charge in [0.1, 0.15) is 9.71 Å². The van der Waals surface area contributed by atoms with Gasteiger partial charge in [0.15, 0.2) is 5.13 Å². The fourth-order valence-corrected chi connectivity index (χ4v) is 4.50. The first-order valence-electron chi connectivity index (χ1n) is 8.39. The van der Waals surface area contributed by atoms with Gasteiger partial charge in [-0.2, -0.15) is 0 Å². The number of aryl methyl sites for hydroxylation is 2. The summed E-state index contributed by atoms with van der Waals surface area (Å²) in [6.45, 7) is 8.00. The zero-order valence-corrected chi connectivity index (χ0v) is 17.1. The molecule has 3 N–H and O–H groups in total. The molecule has 1 amide bonds. The molecular formula is C18H20N4O3S2. The largest absolute Gasteiger partial charge is 0.466 e. The van der Waals surface area contributed by atoms with Crippen LogP contribution in [0.5, 0.6) is 0 Å². The molecule has 3 rings (SSSR count). The highest BCUT2D eigenvalue weighted by Gasteiger charge is 2.21. The molecule has 0 saturated heterocycles. The van der Waals surface area contributed by atoms with Gasteiger partial charge in [0.2, 0.25) is 0 Å². The summed E-state index contributed by atoms with van der Waals surface area (Å²) < 4.78 is 4.90. The summed E-state index contributed by atoms with van der Waals surface area (Å²) in [6.07, 6.45) is 0.0763. The molecule has 0 aliphatic carbocycles. The van der Waals surface area contributed by atoms with E-state index in [0.29, 0.717) is 28.0 Å². The van der Waals surface area contributed by atoms with E-state index in [1.807, 2.05) is 20.8 Å². The van der Waals surface area contributed by atoms with Gasteiger partial charge in [0.25, 0.3) is 5.91 Å². The number of amides is 1. The topological polar surface area (TPSA) is 107 Å². The summed E-state index contributed by atoms with van der Waals surface area (Å²) in [7, 11) is 0. The number of esters is 1. The van der Waals surface area contributed by atoms with E-state index < -0.39 is 0 Å². The van der Waals surface area contributed by atoms with Gasteiger partial charge in [-0.3, -0.25) is 14.9 Å². The van der Waals surface area contributed by atoms with Gasteiger partial charge in [0.05, 0.1) is 24.4 Å². The number of rotatable bonds is 5. The van der Waals surface area contributed by atoms with Crippen LogP contribution in [-0.2, 0) is 16.0 Å². The van der Waals surface area contributed by atoms with Crippen molar-refractivity contribution in [3.05, 3.63) is 32.8 Å². The minimum atomic E-state index is -0.346. The van der Waals surface area contributed by atoms with Crippen LogP contribution < -0.4 is 11.1 Å². The van der Waals surface area contributed by atoms with E-state index in [4.69, 9.17) is 10.5 Å². The number of nitrogens with two attached hydrogens (primary N) is 1. The third-order valence-corrected chi connectivity index (χ3v) is 6.19. The summed E-state index contributed by atoms with van der Waals surface area (Å²) in [4.78, 5) is 34.2. The molecule has 3 aromatic rings. The minimum Gasteiger partial charge on any atom is -0.466 e. The predicted octanol–water partition coefficient (Wildman–Crippen LogP) is 3.62. The molecule has 0 fully saturated rings. The van der Waals surface area contributed by atoms with E-state index in [2.05, 4.69) is 15.3 Å². The van der Waals surface area contributed by atoms with Gasteiger partial charge in [0, 0.05) is 16.5 Å². The average molecular weight is 405 g/mol. The normalized spacial score (nSPS) is 11.0. The van der Waals surface area contributed by atoms with Crippen LogP contribution in [0.25, 0.3) is 10.2 Å². The summed E-state index contributed by atoms with van der Waals surface area (Å²) in [6, 6.07) is 0. The molecule has 0 unspecified atom stereocenters. The molecule has 7 nitrogen and oxygen atoms in total. The van der Waals surface area contributed by atoms with Crippen LogP contribution in [0.1, 0.15) is 39.1 Å². The molecular weight excluding hydrogens is 384 g/mol.